The number of fused-ring (bicyclic) bond motifs is 6. The van der Waals surface area contributed by atoms with E-state index in [0.29, 0.717) is 58.3 Å². The number of urea groups is 1. The molecule has 0 saturated carbocycles. The number of rotatable bonds is 38. The van der Waals surface area contributed by atoms with Gasteiger partial charge in [-0.3, -0.25) is 43.5 Å². The number of phenols is 2. The zero-order valence-corrected chi connectivity index (χ0v) is 61.3. The van der Waals surface area contributed by atoms with Gasteiger partial charge in [-0.2, -0.15) is 0 Å². The van der Waals surface area contributed by atoms with Crippen molar-refractivity contribution in [2.24, 2.45) is 16.6 Å². The Labute approximate surface area is 626 Å². The second-order valence-corrected chi connectivity index (χ2v) is 28.4. The predicted molar refractivity (Wildman–Crippen MR) is 390 cm³/mol. The summed E-state index contributed by atoms with van der Waals surface area (Å²) < 4.78 is 42.8. The van der Waals surface area contributed by atoms with Crippen LogP contribution in [0.5, 0.6) is 28.9 Å². The number of aryl methyl sites for hydroxylation is 1. The minimum atomic E-state index is -1.82. The lowest BCUT2D eigenvalue weighted by Gasteiger charge is -2.39. The Hall–Kier alpha value is -9.48. The van der Waals surface area contributed by atoms with Crippen molar-refractivity contribution in [3.8, 4) is 28.9 Å². The number of carbonyl (C=O) groups is 8. The van der Waals surface area contributed by atoms with Crippen molar-refractivity contribution in [1.29, 1.82) is 0 Å². The first-order valence-corrected chi connectivity index (χ1v) is 37.2. The number of carbonyl (C=O) groups excluding carboxylic acids is 8. The van der Waals surface area contributed by atoms with Gasteiger partial charge in [-0.15, -0.1) is 11.8 Å². The number of amides is 7. The van der Waals surface area contributed by atoms with E-state index in [1.165, 1.54) is 40.9 Å². The molecule has 0 aliphatic carbocycles. The van der Waals surface area contributed by atoms with E-state index in [4.69, 9.17) is 38.9 Å². The van der Waals surface area contributed by atoms with Crippen LogP contribution in [0.25, 0.3) is 16.8 Å². The first-order valence-electron chi connectivity index (χ1n) is 36.1. The van der Waals surface area contributed by atoms with E-state index >= 15 is 0 Å². The monoisotopic (exact) mass is 1520 g/mol. The normalized spacial score (nSPS) is 21.5. The number of hydrogen-bond acceptors (Lipinski definition) is 25. The van der Waals surface area contributed by atoms with Gasteiger partial charge >= 0.3 is 6.03 Å². The standard InChI is InChI=1S/C76H94N8O23S/c1-5-55-49-38-84-52(48-21-22-50-66(63(48)73(84)98)79-37-59(89)76(50,100)6-2)32-44(49)33-62(105-55)104-40-43-12-17-45(18-13-43)80-70(95)51(10-9-24-78-75(77)99)81-71(96)65(41(3)4)82-60(90)11-7-8-25-83-61(91)36-58(72(83)97)108-31-30-102-27-26-101-28-29-103-47-34-54(88)64(53(87)23-16-42-14-19-46(86)20-15-42)56(35-47)106-74-69(94)68(93)67(92)57(39-85)107-74/h12-15,17-22,32-35,41,51,57-58,62,65,67-69,74,85-86,88,92-94,98,100H,5-11,16,23-31,36-40H2,1-4H3,(H,80,95)(H,81,96)(H,82,90)(H3,77,78,99)/t51-,57+,58?,62?,65-,67+,68-,69+,74+,76-/m0/s1. The van der Waals surface area contributed by atoms with E-state index in [9.17, 15) is 79.2 Å². The highest BCUT2D eigenvalue weighted by molar-refractivity contribution is 8.00. The molecule has 2 fully saturated rings. The fourth-order valence-electron chi connectivity index (χ4n) is 13.4. The molecule has 14 N–H and O–H groups in total. The van der Waals surface area contributed by atoms with Crippen LogP contribution in [0.3, 0.4) is 0 Å². The van der Waals surface area contributed by atoms with Gasteiger partial charge in [0.1, 0.15) is 84.0 Å². The molecule has 10 rings (SSSR count). The van der Waals surface area contributed by atoms with Crippen molar-refractivity contribution >= 4 is 81.4 Å². The van der Waals surface area contributed by atoms with Gasteiger partial charge in [0.2, 0.25) is 48.0 Å². The maximum Gasteiger partial charge on any atom is 0.312 e. The number of allylic oxidation sites excluding steroid dienone is 3. The first kappa shape index (κ1) is 81.0. The quantitative estimate of drug-likeness (QED) is 0.0153. The van der Waals surface area contributed by atoms with Crippen LogP contribution in [0.4, 0.5) is 10.5 Å². The number of primary amides is 1. The minimum Gasteiger partial charge on any atom is -0.508 e. The molecule has 4 aromatic carbocycles. The van der Waals surface area contributed by atoms with E-state index in [2.05, 4.69) is 26.3 Å². The highest BCUT2D eigenvalue weighted by atomic mass is 32.2. The van der Waals surface area contributed by atoms with E-state index in [1.54, 1.807) is 73.9 Å². The van der Waals surface area contributed by atoms with Gasteiger partial charge in [0.05, 0.1) is 67.5 Å². The summed E-state index contributed by atoms with van der Waals surface area (Å²) in [6.07, 6.45) is -3.49. The number of unbranched alkanes of at least 4 members (excludes halogenated alkanes) is 1. The Morgan fingerprint density at radius 2 is 1.57 bits per heavy atom. The van der Waals surface area contributed by atoms with Crippen LogP contribution >= 0.6 is 11.8 Å². The van der Waals surface area contributed by atoms with E-state index in [1.807, 2.05) is 19.1 Å². The van der Waals surface area contributed by atoms with Crippen LogP contribution in [-0.4, -0.2) is 217 Å². The second-order valence-electron chi connectivity index (χ2n) is 27.1. The lowest BCUT2D eigenvalue weighted by atomic mass is 9.83. The summed E-state index contributed by atoms with van der Waals surface area (Å²) in [4.78, 5) is 111. The van der Waals surface area contributed by atoms with Crippen LogP contribution in [0, 0.1) is 5.92 Å². The topological polar surface area (TPSA) is 458 Å². The molecule has 32 heteroatoms. The molecule has 5 aliphatic heterocycles. The number of likely N-dealkylation sites (tertiary alicyclic amines) is 1. The van der Waals surface area contributed by atoms with Crippen molar-refractivity contribution in [3.63, 3.8) is 0 Å². The summed E-state index contributed by atoms with van der Waals surface area (Å²) >= 11 is 1.28. The molecule has 0 spiro atoms. The molecule has 1 aromatic heterocycles. The molecule has 5 aromatic rings. The van der Waals surface area contributed by atoms with E-state index in [-0.39, 0.29) is 151 Å². The summed E-state index contributed by atoms with van der Waals surface area (Å²) in [6.45, 7) is 7.44. The number of aromatic hydroxyl groups is 3. The SMILES string of the molecule is CCC1=C2Cn3c(O)c4c5c(ccc4c3=CC2=CC(OCc2ccc(NC(=O)[C@H](CCCNC(N)=O)NC(=O)[C@@H](NC(=O)CCCCN3C(=O)CC(SCCOCCOCCOc4cc(O)c(C(=O)CCc6ccc(O)cc6)c(O[C@@H]6O[C@H](CO)[C@@H](O)[C@H](O)[C@H]6O)c4)C3=O)C(C)C)cc2)O1)[C@@](O)(CC)C(=O)CN=5. The van der Waals surface area contributed by atoms with Crippen molar-refractivity contribution in [1.82, 2.24) is 25.4 Å². The molecule has 0 bridgehead atoms. The largest absolute Gasteiger partial charge is 0.508 e. The van der Waals surface area contributed by atoms with Gasteiger partial charge in [0, 0.05) is 78.9 Å². The number of thioether (sulfide) groups is 1. The average Bonchev–Trinajstić information content (AvgIpc) is 1.64. The summed E-state index contributed by atoms with van der Waals surface area (Å²) in [5.74, 6) is -3.37. The van der Waals surface area contributed by atoms with Gasteiger partial charge in [0.15, 0.2) is 17.2 Å². The second kappa shape index (κ2) is 37.1. The third-order valence-corrected chi connectivity index (χ3v) is 20.5. The van der Waals surface area contributed by atoms with Gasteiger partial charge in [-0.1, -0.05) is 64.1 Å². The number of aliphatic hydroxyl groups excluding tert-OH is 4. The predicted octanol–water partition coefficient (Wildman–Crippen LogP) is 2.67. The van der Waals surface area contributed by atoms with Crippen LogP contribution in [0.1, 0.15) is 113 Å². The fourth-order valence-corrected chi connectivity index (χ4v) is 14.4. The number of benzene rings is 4. The Kier molecular flexibility index (Phi) is 27.8. The van der Waals surface area contributed by atoms with Crippen LogP contribution in [-0.2, 0) is 77.6 Å². The smallest absolute Gasteiger partial charge is 0.312 e. The number of aliphatic hydroxyl groups is 5. The number of nitrogens with one attached hydrogen (secondary N) is 4. The Morgan fingerprint density at radius 1 is 0.843 bits per heavy atom. The number of imide groups is 1. The first-order chi connectivity index (χ1) is 51.8. The lowest BCUT2D eigenvalue weighted by molar-refractivity contribution is -0.277. The highest BCUT2D eigenvalue weighted by Gasteiger charge is 2.46. The summed E-state index contributed by atoms with van der Waals surface area (Å²) in [5, 5.41) is 97.4. The summed E-state index contributed by atoms with van der Waals surface area (Å²) in [5.41, 5.74) is 7.28. The molecular weight excluding hydrogens is 1420 g/mol. The average molecular weight is 1520 g/mol. The molecule has 582 valence electrons. The molecule has 5 aliphatic rings. The molecule has 6 heterocycles. The number of nitrogens with zero attached hydrogens (tertiary/aromatic N) is 3. The van der Waals surface area contributed by atoms with E-state index in [0.717, 1.165) is 27.6 Å². The maximum atomic E-state index is 14.0. The van der Waals surface area contributed by atoms with Crippen LogP contribution < -0.4 is 47.2 Å². The zero-order valence-electron chi connectivity index (χ0n) is 60.4. The molecule has 2 unspecified atom stereocenters. The Morgan fingerprint density at radius 3 is 2.29 bits per heavy atom. The van der Waals surface area contributed by atoms with Crippen molar-refractivity contribution in [3.05, 3.63) is 129 Å². The number of ether oxygens (including phenoxy) is 7. The maximum absolute atomic E-state index is 14.0. The number of anilines is 1. The lowest BCUT2D eigenvalue weighted by Crippen LogP contribution is -2.60. The van der Waals surface area contributed by atoms with Gasteiger partial charge < -0.3 is 106 Å². The molecule has 7 amide bonds. The fraction of sp³-hybridized carbons (Fsp3) is 0.487. The van der Waals surface area contributed by atoms with Gasteiger partial charge in [-0.25, -0.2) is 4.79 Å². The molecular formula is C76H94N8O23S. The minimum absolute atomic E-state index is 0.000842. The third kappa shape index (κ3) is 19.5. The highest BCUT2D eigenvalue weighted by Crippen LogP contribution is 2.39. The molecule has 0 radical (unpaired) electrons. The van der Waals surface area contributed by atoms with Crippen molar-refractivity contribution < 1.29 is 112 Å². The van der Waals surface area contributed by atoms with E-state index < -0.39 is 114 Å². The number of Topliss-reactive ketones (excluding diaryl/α,β-unsaturated/α-hetero) is 2. The van der Waals surface area contributed by atoms with Crippen molar-refractivity contribution in [2.45, 2.75) is 165 Å². The zero-order chi connectivity index (χ0) is 77.5. The van der Waals surface area contributed by atoms with Crippen molar-refractivity contribution in [2.75, 3.05) is 70.3 Å². The number of ketones is 2. The Bertz CT molecular complexity index is 4320. The summed E-state index contributed by atoms with van der Waals surface area (Å²) in [7, 11) is 0. The number of phenolic OH excluding ortho intramolecular Hbond substituents is 2. The van der Waals surface area contributed by atoms with Crippen LogP contribution in [0.15, 0.2) is 101 Å². The van der Waals surface area contributed by atoms with Crippen LogP contribution in [0.2, 0.25) is 0 Å². The van der Waals surface area contributed by atoms with Gasteiger partial charge in [0.25, 0.3) is 0 Å². The number of hydrogen-bond donors (Lipinski definition) is 13. The number of aromatic nitrogens is 1. The Balaban J connectivity index is 0.631. The third-order valence-electron chi connectivity index (χ3n) is 19.4. The molecule has 2 saturated heterocycles. The molecule has 10 atom stereocenters. The summed E-state index contributed by atoms with van der Waals surface area (Å²) in [6, 6.07) is 16.2. The number of nitrogens with two attached hydrogens (primary N) is 1. The van der Waals surface area contributed by atoms with Gasteiger partial charge in [-0.05, 0) is 97.6 Å². The molecule has 108 heavy (non-hydrogen) atoms. The molecule has 31 nitrogen and oxygen atoms in total.